The summed E-state index contributed by atoms with van der Waals surface area (Å²) in [6.07, 6.45) is 1.84. The van der Waals surface area contributed by atoms with Crippen molar-refractivity contribution >= 4 is 5.97 Å². The maximum atomic E-state index is 11.0. The Balaban J connectivity index is 4.37. The zero-order chi connectivity index (χ0) is 10.6. The molecule has 0 fully saturated rings. The normalized spacial score (nSPS) is 16.7. The highest BCUT2D eigenvalue weighted by molar-refractivity contribution is 5.70. The van der Waals surface area contributed by atoms with E-state index >= 15 is 0 Å². The Hall–Kier alpha value is -0.530. The van der Waals surface area contributed by atoms with Gasteiger partial charge in [0.25, 0.3) is 0 Å². The molecular formula is C11H22O2. The van der Waals surface area contributed by atoms with E-state index in [4.69, 9.17) is 5.11 Å². The number of carboxylic acid groups (broad SMARTS) is 1. The van der Waals surface area contributed by atoms with Gasteiger partial charge in [-0.15, -0.1) is 0 Å². The lowest BCUT2D eigenvalue weighted by Gasteiger charge is -2.28. The van der Waals surface area contributed by atoms with Gasteiger partial charge in [-0.25, -0.2) is 0 Å². The van der Waals surface area contributed by atoms with Gasteiger partial charge in [-0.2, -0.15) is 0 Å². The van der Waals surface area contributed by atoms with Crippen LogP contribution in [0.25, 0.3) is 0 Å². The van der Waals surface area contributed by atoms with Crippen molar-refractivity contribution in [2.45, 2.75) is 47.5 Å². The molecule has 0 rings (SSSR count). The fourth-order valence-electron chi connectivity index (χ4n) is 1.39. The van der Waals surface area contributed by atoms with Crippen molar-refractivity contribution in [1.29, 1.82) is 0 Å². The molecule has 0 aromatic carbocycles. The van der Waals surface area contributed by atoms with E-state index in [0.29, 0.717) is 5.92 Å². The van der Waals surface area contributed by atoms with Gasteiger partial charge in [0.15, 0.2) is 0 Å². The monoisotopic (exact) mass is 186 g/mol. The van der Waals surface area contributed by atoms with E-state index in [1.54, 1.807) is 0 Å². The van der Waals surface area contributed by atoms with Crippen LogP contribution >= 0.6 is 0 Å². The van der Waals surface area contributed by atoms with Crippen molar-refractivity contribution < 1.29 is 9.90 Å². The van der Waals surface area contributed by atoms with Crippen LogP contribution in [0.4, 0.5) is 0 Å². The van der Waals surface area contributed by atoms with Gasteiger partial charge in [-0.3, -0.25) is 4.79 Å². The molecule has 0 aliphatic heterocycles. The molecule has 0 aliphatic carbocycles. The van der Waals surface area contributed by atoms with E-state index in [1.807, 2.05) is 20.8 Å². The summed E-state index contributed by atoms with van der Waals surface area (Å²) >= 11 is 0. The minimum atomic E-state index is -0.659. The molecule has 13 heavy (non-hydrogen) atoms. The Morgan fingerprint density at radius 2 is 1.85 bits per heavy atom. The molecule has 0 bridgehead atoms. The van der Waals surface area contributed by atoms with E-state index in [9.17, 15) is 4.79 Å². The molecule has 0 saturated heterocycles. The smallest absolute Gasteiger partial charge is 0.307 e. The van der Waals surface area contributed by atoms with Crippen molar-refractivity contribution in [2.24, 2.45) is 17.3 Å². The van der Waals surface area contributed by atoms with Crippen LogP contribution in [0.2, 0.25) is 0 Å². The highest BCUT2D eigenvalue weighted by atomic mass is 16.4. The zero-order valence-corrected chi connectivity index (χ0v) is 9.42. The molecule has 0 aromatic rings. The van der Waals surface area contributed by atoms with Crippen molar-refractivity contribution in [2.75, 3.05) is 0 Å². The minimum absolute atomic E-state index is 0.130. The van der Waals surface area contributed by atoms with Crippen LogP contribution in [0.3, 0.4) is 0 Å². The number of carbonyl (C=O) groups is 1. The first-order valence-electron chi connectivity index (χ1n) is 5.01. The van der Waals surface area contributed by atoms with E-state index in [1.165, 1.54) is 0 Å². The van der Waals surface area contributed by atoms with Crippen LogP contribution in [-0.4, -0.2) is 11.1 Å². The van der Waals surface area contributed by atoms with E-state index in [0.717, 1.165) is 12.8 Å². The summed E-state index contributed by atoms with van der Waals surface area (Å²) < 4.78 is 0. The van der Waals surface area contributed by atoms with Crippen LogP contribution in [0.15, 0.2) is 0 Å². The first-order valence-corrected chi connectivity index (χ1v) is 5.01. The van der Waals surface area contributed by atoms with E-state index in [-0.39, 0.29) is 11.3 Å². The van der Waals surface area contributed by atoms with Gasteiger partial charge in [0.1, 0.15) is 0 Å². The third-order valence-corrected chi connectivity index (χ3v) is 2.68. The number of carboxylic acids is 1. The van der Waals surface area contributed by atoms with E-state index in [2.05, 4.69) is 13.8 Å². The molecule has 0 saturated carbocycles. The third kappa shape index (κ3) is 4.30. The largest absolute Gasteiger partial charge is 0.481 e. The maximum Gasteiger partial charge on any atom is 0.307 e. The third-order valence-electron chi connectivity index (χ3n) is 2.68. The Morgan fingerprint density at radius 1 is 1.38 bits per heavy atom. The second-order valence-electron chi connectivity index (χ2n) is 5.01. The molecule has 0 aliphatic rings. The average Bonchev–Trinajstić information content (AvgIpc) is 1.96. The summed E-state index contributed by atoms with van der Waals surface area (Å²) in [4.78, 5) is 11.0. The van der Waals surface area contributed by atoms with Crippen molar-refractivity contribution in [3.8, 4) is 0 Å². The quantitative estimate of drug-likeness (QED) is 0.732. The fourth-order valence-corrected chi connectivity index (χ4v) is 1.39. The second kappa shape index (κ2) is 4.64. The average molecular weight is 186 g/mol. The summed E-state index contributed by atoms with van der Waals surface area (Å²) in [5.74, 6) is -0.379. The number of rotatable bonds is 4. The molecule has 1 N–H and O–H groups in total. The zero-order valence-electron chi connectivity index (χ0n) is 9.42. The molecule has 2 atom stereocenters. The predicted octanol–water partition coefficient (Wildman–Crippen LogP) is 3.17. The predicted molar refractivity (Wildman–Crippen MR) is 54.7 cm³/mol. The highest BCUT2D eigenvalue weighted by Crippen LogP contribution is 2.32. The molecule has 2 nitrogen and oxygen atoms in total. The van der Waals surface area contributed by atoms with Crippen molar-refractivity contribution in [3.63, 3.8) is 0 Å². The van der Waals surface area contributed by atoms with Gasteiger partial charge in [-0.05, 0) is 17.8 Å². The van der Waals surface area contributed by atoms with Crippen LogP contribution in [0.5, 0.6) is 0 Å². The number of hydrogen-bond donors (Lipinski definition) is 1. The van der Waals surface area contributed by atoms with Gasteiger partial charge in [0, 0.05) is 0 Å². The first kappa shape index (κ1) is 12.5. The number of aliphatic carboxylic acids is 1. The van der Waals surface area contributed by atoms with Crippen LogP contribution < -0.4 is 0 Å². The summed E-state index contributed by atoms with van der Waals surface area (Å²) in [6, 6.07) is 0. The number of hydrogen-bond acceptors (Lipinski definition) is 1. The van der Waals surface area contributed by atoms with Gasteiger partial charge in [0.2, 0.25) is 0 Å². The van der Waals surface area contributed by atoms with Gasteiger partial charge in [0.05, 0.1) is 5.92 Å². The van der Waals surface area contributed by atoms with Gasteiger partial charge < -0.3 is 5.11 Å². The SMILES string of the molecule is CCC(C)CC(C(=O)O)C(C)(C)C. The molecular weight excluding hydrogens is 164 g/mol. The molecule has 78 valence electrons. The van der Waals surface area contributed by atoms with Crippen LogP contribution in [0.1, 0.15) is 47.5 Å². The lowest BCUT2D eigenvalue weighted by molar-refractivity contribution is -0.146. The Bertz CT molecular complexity index is 167. The second-order valence-corrected chi connectivity index (χ2v) is 5.01. The first-order chi connectivity index (χ1) is 5.79. The minimum Gasteiger partial charge on any atom is -0.481 e. The molecule has 0 heterocycles. The summed E-state index contributed by atoms with van der Waals surface area (Å²) in [5.41, 5.74) is -0.130. The Morgan fingerprint density at radius 3 is 2.08 bits per heavy atom. The van der Waals surface area contributed by atoms with E-state index < -0.39 is 5.97 Å². The van der Waals surface area contributed by atoms with Gasteiger partial charge in [-0.1, -0.05) is 41.0 Å². The van der Waals surface area contributed by atoms with Crippen LogP contribution in [-0.2, 0) is 4.79 Å². The molecule has 0 spiro atoms. The van der Waals surface area contributed by atoms with Crippen molar-refractivity contribution in [3.05, 3.63) is 0 Å². The summed E-state index contributed by atoms with van der Waals surface area (Å²) in [6.45, 7) is 10.2. The lowest BCUT2D eigenvalue weighted by Crippen LogP contribution is -2.29. The van der Waals surface area contributed by atoms with Gasteiger partial charge >= 0.3 is 5.97 Å². The fraction of sp³-hybridized carbons (Fsp3) is 0.909. The topological polar surface area (TPSA) is 37.3 Å². The summed E-state index contributed by atoms with van der Waals surface area (Å²) in [7, 11) is 0. The maximum absolute atomic E-state index is 11.0. The van der Waals surface area contributed by atoms with Crippen molar-refractivity contribution in [1.82, 2.24) is 0 Å². The molecule has 2 heteroatoms. The highest BCUT2D eigenvalue weighted by Gasteiger charge is 2.31. The molecule has 2 unspecified atom stereocenters. The lowest BCUT2D eigenvalue weighted by atomic mass is 9.76. The molecule has 0 aromatic heterocycles. The Kier molecular flexibility index (Phi) is 4.45. The molecule has 0 radical (unpaired) electrons. The molecule has 0 amide bonds. The standard InChI is InChI=1S/C11H22O2/c1-6-8(2)7-9(10(12)13)11(3,4)5/h8-9H,6-7H2,1-5H3,(H,12,13). The van der Waals surface area contributed by atoms with Crippen LogP contribution in [0, 0.1) is 17.3 Å². The Labute approximate surface area is 81.3 Å². The summed E-state index contributed by atoms with van der Waals surface area (Å²) in [5, 5.41) is 9.05.